The van der Waals surface area contributed by atoms with Gasteiger partial charge in [-0.2, -0.15) is 0 Å². The Morgan fingerprint density at radius 1 is 0.976 bits per heavy atom. The van der Waals surface area contributed by atoms with Crippen LogP contribution in [-0.2, 0) is 4.74 Å². The number of ether oxygens (including phenoxy) is 5. The molecule has 0 aromatic heterocycles. The average molecular weight is 579 g/mol. The maximum Gasteiger partial charge on any atom is 0.323 e. The summed E-state index contributed by atoms with van der Waals surface area (Å²) in [5, 5.41) is 18.3. The van der Waals surface area contributed by atoms with Gasteiger partial charge in [-0.05, 0) is 49.2 Å². The molecular formula is C31H38N4O7. The Labute approximate surface area is 246 Å². The van der Waals surface area contributed by atoms with Crippen molar-refractivity contribution in [3.05, 3.63) is 59.7 Å². The Kier molecular flexibility index (Phi) is 10.5. The Balaban J connectivity index is 1.52. The number of morpholine rings is 1. The molecule has 0 radical (unpaired) electrons. The molecule has 0 bridgehead atoms. The average Bonchev–Trinajstić information content (AvgIpc) is 3.01. The molecule has 11 nitrogen and oxygen atoms in total. The number of oxime groups is 1. The zero-order valence-corrected chi connectivity index (χ0v) is 24.7. The summed E-state index contributed by atoms with van der Waals surface area (Å²) in [5.41, 5.74) is 4.50. The maximum atomic E-state index is 13.1. The minimum atomic E-state index is -0.426. The monoisotopic (exact) mass is 578 g/mol. The molecule has 1 saturated heterocycles. The number of anilines is 2. The minimum absolute atomic E-state index is 0.414. The second-order valence-electron chi connectivity index (χ2n) is 9.72. The van der Waals surface area contributed by atoms with Crippen LogP contribution >= 0.6 is 0 Å². The van der Waals surface area contributed by atoms with Gasteiger partial charge < -0.3 is 39.5 Å². The molecule has 3 aromatic carbocycles. The summed E-state index contributed by atoms with van der Waals surface area (Å²) in [6.45, 7) is 8.25. The van der Waals surface area contributed by atoms with Crippen molar-refractivity contribution in [3.8, 4) is 34.1 Å². The summed E-state index contributed by atoms with van der Waals surface area (Å²) >= 11 is 0. The molecule has 1 fully saturated rings. The van der Waals surface area contributed by atoms with Crippen LogP contribution in [0, 0.1) is 6.92 Å². The number of urea groups is 1. The highest BCUT2D eigenvalue weighted by molar-refractivity contribution is 6.02. The van der Waals surface area contributed by atoms with E-state index in [0.717, 1.165) is 44.0 Å². The first kappa shape index (κ1) is 30.5. The third-order valence-electron chi connectivity index (χ3n) is 7.03. The number of benzene rings is 3. The Morgan fingerprint density at radius 2 is 1.74 bits per heavy atom. The summed E-state index contributed by atoms with van der Waals surface area (Å²) in [5.74, 6) is 2.12. The van der Waals surface area contributed by atoms with Gasteiger partial charge in [0.2, 0.25) is 0 Å². The van der Waals surface area contributed by atoms with E-state index < -0.39 is 6.03 Å². The van der Waals surface area contributed by atoms with E-state index in [1.165, 1.54) is 7.11 Å². The lowest BCUT2D eigenvalue weighted by atomic mass is 9.99. The third kappa shape index (κ3) is 7.42. The fourth-order valence-corrected chi connectivity index (χ4v) is 4.69. The topological polar surface area (TPSA) is 123 Å². The molecule has 0 aliphatic carbocycles. The van der Waals surface area contributed by atoms with Crippen LogP contribution in [0.5, 0.6) is 23.0 Å². The molecule has 1 aliphatic heterocycles. The summed E-state index contributed by atoms with van der Waals surface area (Å²) in [6, 6.07) is 14.1. The quantitative estimate of drug-likeness (QED) is 0.160. The van der Waals surface area contributed by atoms with Crippen molar-refractivity contribution >= 4 is 23.1 Å². The van der Waals surface area contributed by atoms with Crippen LogP contribution in [0.15, 0.2) is 53.7 Å². The lowest BCUT2D eigenvalue weighted by Gasteiger charge is -2.26. The highest BCUT2D eigenvalue weighted by atomic mass is 16.5. The second kappa shape index (κ2) is 14.4. The summed E-state index contributed by atoms with van der Waals surface area (Å²) in [4.78, 5) is 15.4. The number of amides is 2. The van der Waals surface area contributed by atoms with Gasteiger partial charge in [0.25, 0.3) is 0 Å². The standard InChI is InChI=1S/C31H38N4O7/c1-20-6-8-24(42-15-12-35-10-13-41-14-11-35)19-27(20)33-31(36)32-23-17-26(30(40-5)29(18-23)39-4)22-7-9-25(21(2)34-37)28(16-22)38-3/h6-9,16-19,37H,10-15H2,1-5H3,(H2,32,33,36)/b34-21+. The normalized spacial score (nSPS) is 13.8. The van der Waals surface area contributed by atoms with Crippen LogP contribution in [0.2, 0.25) is 0 Å². The van der Waals surface area contributed by atoms with Gasteiger partial charge in [0.1, 0.15) is 18.1 Å². The van der Waals surface area contributed by atoms with Gasteiger partial charge in [0.15, 0.2) is 11.5 Å². The first-order valence-electron chi connectivity index (χ1n) is 13.6. The predicted molar refractivity (Wildman–Crippen MR) is 162 cm³/mol. The third-order valence-corrected chi connectivity index (χ3v) is 7.03. The van der Waals surface area contributed by atoms with Crippen molar-refractivity contribution in [2.75, 3.05) is 71.4 Å². The molecule has 1 heterocycles. The van der Waals surface area contributed by atoms with Gasteiger partial charge in [-0.3, -0.25) is 4.90 Å². The number of rotatable bonds is 11. The number of methoxy groups -OCH3 is 3. The van der Waals surface area contributed by atoms with E-state index in [1.54, 1.807) is 45.4 Å². The fourth-order valence-electron chi connectivity index (χ4n) is 4.69. The number of hydrogen-bond donors (Lipinski definition) is 3. The van der Waals surface area contributed by atoms with Crippen molar-refractivity contribution in [2.45, 2.75) is 13.8 Å². The molecule has 3 N–H and O–H groups in total. The van der Waals surface area contributed by atoms with E-state index in [4.69, 9.17) is 23.7 Å². The predicted octanol–water partition coefficient (Wildman–Crippen LogP) is 5.24. The summed E-state index contributed by atoms with van der Waals surface area (Å²) < 4.78 is 28.1. The molecule has 2 amide bonds. The van der Waals surface area contributed by atoms with Gasteiger partial charge in [-0.25, -0.2) is 4.79 Å². The highest BCUT2D eigenvalue weighted by Crippen LogP contribution is 2.42. The van der Waals surface area contributed by atoms with Crippen molar-refractivity contribution < 1.29 is 33.7 Å². The SMILES string of the molecule is COc1cc(-c2cc(NC(=O)Nc3cc(OCCN4CCOCC4)ccc3C)cc(OC)c2OC)ccc1/C(C)=N/O. The van der Waals surface area contributed by atoms with Gasteiger partial charge >= 0.3 is 6.03 Å². The Bertz CT molecular complexity index is 1420. The molecular weight excluding hydrogens is 540 g/mol. The number of hydrogen-bond acceptors (Lipinski definition) is 9. The van der Waals surface area contributed by atoms with E-state index >= 15 is 0 Å². The molecule has 1 aliphatic rings. The van der Waals surface area contributed by atoms with Crippen molar-refractivity contribution in [1.82, 2.24) is 4.90 Å². The largest absolute Gasteiger partial charge is 0.496 e. The first-order valence-corrected chi connectivity index (χ1v) is 13.6. The molecule has 0 unspecified atom stereocenters. The number of nitrogens with one attached hydrogen (secondary N) is 2. The van der Waals surface area contributed by atoms with Crippen LogP contribution in [0.1, 0.15) is 18.1 Å². The van der Waals surface area contributed by atoms with E-state index in [9.17, 15) is 10.0 Å². The van der Waals surface area contributed by atoms with E-state index in [1.807, 2.05) is 31.2 Å². The molecule has 11 heteroatoms. The van der Waals surface area contributed by atoms with Crippen molar-refractivity contribution in [3.63, 3.8) is 0 Å². The first-order chi connectivity index (χ1) is 20.4. The van der Waals surface area contributed by atoms with Gasteiger partial charge in [-0.1, -0.05) is 17.3 Å². The van der Waals surface area contributed by atoms with Gasteiger partial charge in [-0.15, -0.1) is 0 Å². The number of nitrogens with zero attached hydrogens (tertiary/aromatic N) is 2. The van der Waals surface area contributed by atoms with Crippen LogP contribution in [0.3, 0.4) is 0 Å². The summed E-state index contributed by atoms with van der Waals surface area (Å²) in [6.07, 6.45) is 0. The molecule has 42 heavy (non-hydrogen) atoms. The van der Waals surface area contributed by atoms with Crippen LogP contribution < -0.4 is 29.6 Å². The van der Waals surface area contributed by atoms with Crippen LogP contribution in [0.25, 0.3) is 11.1 Å². The van der Waals surface area contributed by atoms with Crippen molar-refractivity contribution in [1.29, 1.82) is 0 Å². The maximum absolute atomic E-state index is 13.1. The second-order valence-corrected chi connectivity index (χ2v) is 9.72. The molecule has 0 spiro atoms. The molecule has 0 atom stereocenters. The van der Waals surface area contributed by atoms with E-state index in [0.29, 0.717) is 57.8 Å². The van der Waals surface area contributed by atoms with Crippen LogP contribution in [-0.4, -0.2) is 82.6 Å². The van der Waals surface area contributed by atoms with E-state index in [2.05, 4.69) is 20.7 Å². The zero-order chi connectivity index (χ0) is 30.1. The molecule has 224 valence electrons. The Morgan fingerprint density at radius 3 is 2.43 bits per heavy atom. The fraction of sp³-hybridized carbons (Fsp3) is 0.355. The zero-order valence-electron chi connectivity index (χ0n) is 24.7. The molecule has 3 aromatic rings. The lowest BCUT2D eigenvalue weighted by Crippen LogP contribution is -2.38. The number of carbonyl (C=O) groups is 1. The highest BCUT2D eigenvalue weighted by Gasteiger charge is 2.18. The van der Waals surface area contributed by atoms with Gasteiger partial charge in [0, 0.05) is 54.3 Å². The van der Waals surface area contributed by atoms with Gasteiger partial charge in [0.05, 0.1) is 40.3 Å². The number of aryl methyl sites for hydroxylation is 1. The minimum Gasteiger partial charge on any atom is -0.496 e. The Hall–Kier alpha value is -4.48. The molecule has 4 rings (SSSR count). The lowest BCUT2D eigenvalue weighted by molar-refractivity contribution is 0.0322. The molecule has 0 saturated carbocycles. The smallest absolute Gasteiger partial charge is 0.323 e. The van der Waals surface area contributed by atoms with Crippen LogP contribution in [0.4, 0.5) is 16.2 Å². The summed E-state index contributed by atoms with van der Waals surface area (Å²) in [7, 11) is 4.62. The van der Waals surface area contributed by atoms with E-state index in [-0.39, 0.29) is 0 Å². The number of carbonyl (C=O) groups excluding carboxylic acids is 1. The van der Waals surface area contributed by atoms with Crippen molar-refractivity contribution in [2.24, 2.45) is 5.16 Å².